The van der Waals surface area contributed by atoms with Crippen LogP contribution in [0, 0.1) is 19.8 Å². The van der Waals surface area contributed by atoms with Crippen molar-refractivity contribution in [3.63, 3.8) is 0 Å². The van der Waals surface area contributed by atoms with Crippen molar-refractivity contribution in [2.45, 2.75) is 39.5 Å². The summed E-state index contributed by atoms with van der Waals surface area (Å²) in [6.45, 7) is 10.4. The topological polar surface area (TPSA) is 46.6 Å². The summed E-state index contributed by atoms with van der Waals surface area (Å²) in [4.78, 5) is 27.5. The SMILES string of the molecule is C=C(C)N(C)CC1CC(=O)C(c2c(C)cc(C)cc2OC)C(=O)C1. The molecule has 1 saturated carbocycles. The lowest BCUT2D eigenvalue weighted by Gasteiger charge is -2.31. The average molecular weight is 329 g/mol. The predicted octanol–water partition coefficient (Wildman–Crippen LogP) is 3.41. The highest BCUT2D eigenvalue weighted by Crippen LogP contribution is 2.38. The fourth-order valence-electron chi connectivity index (χ4n) is 3.53. The average Bonchev–Trinajstić information content (AvgIpc) is 2.47. The van der Waals surface area contributed by atoms with E-state index in [1.165, 1.54) is 0 Å². The summed E-state index contributed by atoms with van der Waals surface area (Å²) in [5.41, 5.74) is 3.68. The molecule has 1 aromatic carbocycles. The van der Waals surface area contributed by atoms with Crippen LogP contribution in [0.2, 0.25) is 0 Å². The standard InChI is InChI=1S/C20H27NO3/c1-12(2)21(5)11-15-9-16(22)20(17(23)10-15)19-14(4)7-13(3)8-18(19)24-6/h7-8,15,20H,1,9-11H2,2-6H3. The second-order valence-electron chi connectivity index (χ2n) is 6.95. The Balaban J connectivity index is 2.28. The number of hydrogen-bond donors (Lipinski definition) is 0. The molecular weight excluding hydrogens is 302 g/mol. The van der Waals surface area contributed by atoms with Gasteiger partial charge in [-0.1, -0.05) is 12.6 Å². The number of hydrogen-bond acceptors (Lipinski definition) is 4. The molecule has 0 spiro atoms. The Labute approximate surface area is 144 Å². The normalized spacial score (nSPS) is 20.9. The molecule has 0 bridgehead atoms. The highest BCUT2D eigenvalue weighted by atomic mass is 16.5. The van der Waals surface area contributed by atoms with Crippen LogP contribution < -0.4 is 4.74 Å². The molecule has 130 valence electrons. The number of carbonyl (C=O) groups excluding carboxylic acids is 2. The second-order valence-corrected chi connectivity index (χ2v) is 6.95. The summed E-state index contributed by atoms with van der Waals surface area (Å²) < 4.78 is 5.46. The van der Waals surface area contributed by atoms with Crippen molar-refractivity contribution in [3.05, 3.63) is 41.1 Å². The van der Waals surface area contributed by atoms with Crippen LogP contribution in [-0.2, 0) is 9.59 Å². The van der Waals surface area contributed by atoms with E-state index in [-0.39, 0.29) is 17.5 Å². The molecule has 0 unspecified atom stereocenters. The smallest absolute Gasteiger partial charge is 0.148 e. The second kappa shape index (κ2) is 7.20. The molecule has 0 heterocycles. The summed E-state index contributed by atoms with van der Waals surface area (Å²) in [6.07, 6.45) is 0.842. The van der Waals surface area contributed by atoms with Crippen molar-refractivity contribution in [1.82, 2.24) is 4.90 Å². The zero-order valence-electron chi connectivity index (χ0n) is 15.3. The third-order valence-corrected chi connectivity index (χ3v) is 4.81. The van der Waals surface area contributed by atoms with Crippen LogP contribution in [0.5, 0.6) is 5.75 Å². The van der Waals surface area contributed by atoms with Gasteiger partial charge in [-0.2, -0.15) is 0 Å². The van der Waals surface area contributed by atoms with Gasteiger partial charge in [0.2, 0.25) is 0 Å². The van der Waals surface area contributed by atoms with E-state index in [2.05, 4.69) is 6.58 Å². The number of ketones is 2. The maximum Gasteiger partial charge on any atom is 0.148 e. The minimum absolute atomic E-state index is 0.00313. The van der Waals surface area contributed by atoms with E-state index in [1.54, 1.807) is 7.11 Å². The van der Waals surface area contributed by atoms with Gasteiger partial charge in [0.15, 0.2) is 0 Å². The van der Waals surface area contributed by atoms with Crippen LogP contribution in [0.1, 0.15) is 42.4 Å². The molecule has 2 rings (SSSR count). The molecule has 24 heavy (non-hydrogen) atoms. The molecule has 0 N–H and O–H groups in total. The fraction of sp³-hybridized carbons (Fsp3) is 0.500. The van der Waals surface area contributed by atoms with Crippen LogP contribution in [0.4, 0.5) is 0 Å². The molecule has 1 aromatic rings. The molecule has 4 heteroatoms. The van der Waals surface area contributed by atoms with Crippen molar-refractivity contribution in [2.75, 3.05) is 20.7 Å². The van der Waals surface area contributed by atoms with Crippen molar-refractivity contribution >= 4 is 11.6 Å². The molecule has 1 aliphatic carbocycles. The van der Waals surface area contributed by atoms with E-state index in [0.717, 1.165) is 22.4 Å². The number of Topliss-reactive ketones (excluding diaryl/α,β-unsaturated/α-hetero) is 2. The van der Waals surface area contributed by atoms with Gasteiger partial charge in [0, 0.05) is 37.7 Å². The molecule has 1 aliphatic rings. The van der Waals surface area contributed by atoms with Gasteiger partial charge in [0.25, 0.3) is 0 Å². The number of methoxy groups -OCH3 is 1. The van der Waals surface area contributed by atoms with Gasteiger partial charge in [-0.05, 0) is 43.9 Å². The van der Waals surface area contributed by atoms with Crippen molar-refractivity contribution < 1.29 is 14.3 Å². The van der Waals surface area contributed by atoms with Gasteiger partial charge in [-0.25, -0.2) is 0 Å². The highest BCUT2D eigenvalue weighted by molar-refractivity contribution is 6.10. The lowest BCUT2D eigenvalue weighted by atomic mass is 9.75. The van der Waals surface area contributed by atoms with E-state index < -0.39 is 5.92 Å². The number of ether oxygens (including phenoxy) is 1. The number of benzene rings is 1. The number of allylic oxidation sites excluding steroid dienone is 1. The highest BCUT2D eigenvalue weighted by Gasteiger charge is 2.39. The largest absolute Gasteiger partial charge is 0.496 e. The van der Waals surface area contributed by atoms with Crippen LogP contribution >= 0.6 is 0 Å². The summed E-state index contributed by atoms with van der Waals surface area (Å²) in [5, 5.41) is 0. The van der Waals surface area contributed by atoms with E-state index in [9.17, 15) is 9.59 Å². The van der Waals surface area contributed by atoms with Crippen LogP contribution in [0.15, 0.2) is 24.4 Å². The molecule has 1 fully saturated rings. The summed E-state index contributed by atoms with van der Waals surface area (Å²) in [7, 11) is 3.52. The lowest BCUT2D eigenvalue weighted by Crippen LogP contribution is -2.36. The van der Waals surface area contributed by atoms with Gasteiger partial charge in [0.1, 0.15) is 23.2 Å². The summed E-state index contributed by atoms with van der Waals surface area (Å²) in [6, 6.07) is 3.89. The Morgan fingerprint density at radius 2 is 1.83 bits per heavy atom. The van der Waals surface area contributed by atoms with Crippen LogP contribution in [-0.4, -0.2) is 37.2 Å². The maximum atomic E-state index is 12.8. The van der Waals surface area contributed by atoms with Crippen molar-refractivity contribution in [3.8, 4) is 5.75 Å². The van der Waals surface area contributed by atoms with Gasteiger partial charge in [-0.15, -0.1) is 0 Å². The van der Waals surface area contributed by atoms with Crippen molar-refractivity contribution in [2.24, 2.45) is 5.92 Å². The van der Waals surface area contributed by atoms with Gasteiger partial charge in [-0.3, -0.25) is 9.59 Å². The molecule has 0 radical (unpaired) electrons. The molecule has 0 aliphatic heterocycles. The van der Waals surface area contributed by atoms with E-state index >= 15 is 0 Å². The Morgan fingerprint density at radius 3 is 2.33 bits per heavy atom. The van der Waals surface area contributed by atoms with E-state index in [0.29, 0.717) is 25.1 Å². The first kappa shape index (κ1) is 18.2. The molecule has 0 saturated heterocycles. The Bertz CT molecular complexity index is 660. The third kappa shape index (κ3) is 3.69. The van der Waals surface area contributed by atoms with Crippen LogP contribution in [0.25, 0.3) is 0 Å². The first-order valence-electron chi connectivity index (χ1n) is 8.31. The number of carbonyl (C=O) groups is 2. The quantitative estimate of drug-likeness (QED) is 0.777. The minimum atomic E-state index is -0.688. The predicted molar refractivity (Wildman–Crippen MR) is 95.4 cm³/mol. The van der Waals surface area contributed by atoms with Gasteiger partial charge < -0.3 is 9.64 Å². The first-order valence-corrected chi connectivity index (χ1v) is 8.31. The zero-order chi connectivity index (χ0) is 18.0. The molecular formula is C20H27NO3. The van der Waals surface area contributed by atoms with Crippen LogP contribution in [0.3, 0.4) is 0 Å². The molecule has 0 amide bonds. The fourth-order valence-corrected chi connectivity index (χ4v) is 3.53. The lowest BCUT2D eigenvalue weighted by molar-refractivity contribution is -0.133. The monoisotopic (exact) mass is 329 g/mol. The number of aryl methyl sites for hydroxylation is 2. The van der Waals surface area contributed by atoms with Gasteiger partial charge >= 0.3 is 0 Å². The number of nitrogens with zero attached hydrogens (tertiary/aromatic N) is 1. The Morgan fingerprint density at radius 1 is 1.25 bits per heavy atom. The van der Waals surface area contributed by atoms with Crippen molar-refractivity contribution in [1.29, 1.82) is 0 Å². The third-order valence-electron chi connectivity index (χ3n) is 4.81. The molecule has 0 aromatic heterocycles. The molecule has 0 atom stereocenters. The maximum absolute atomic E-state index is 12.8. The Hall–Kier alpha value is -2.10. The zero-order valence-corrected chi connectivity index (χ0v) is 15.3. The summed E-state index contributed by atoms with van der Waals surface area (Å²) >= 11 is 0. The summed E-state index contributed by atoms with van der Waals surface area (Å²) in [5.74, 6) is -0.00317. The van der Waals surface area contributed by atoms with Gasteiger partial charge in [0.05, 0.1) is 7.11 Å². The Kier molecular flexibility index (Phi) is 5.47. The first-order chi connectivity index (χ1) is 11.2. The molecule has 4 nitrogen and oxygen atoms in total. The minimum Gasteiger partial charge on any atom is -0.496 e. The number of rotatable bonds is 5. The van der Waals surface area contributed by atoms with E-state index in [1.807, 2.05) is 44.9 Å². The van der Waals surface area contributed by atoms with E-state index in [4.69, 9.17) is 4.74 Å².